The summed E-state index contributed by atoms with van der Waals surface area (Å²) in [5.74, 6) is 1.27. The maximum atomic E-state index is 12.7. The van der Waals surface area contributed by atoms with Crippen LogP contribution >= 0.6 is 0 Å². The molecule has 0 atom stereocenters. The molecule has 1 N–H and O–H groups in total. The number of hydrogen-bond donors (Lipinski definition) is 1. The van der Waals surface area contributed by atoms with E-state index in [-0.39, 0.29) is 11.7 Å². The number of nitrogens with one attached hydrogen (secondary N) is 1. The number of amides is 1. The van der Waals surface area contributed by atoms with Gasteiger partial charge in [-0.15, -0.1) is 0 Å². The summed E-state index contributed by atoms with van der Waals surface area (Å²) in [6, 6.07) is 9.89. The lowest BCUT2D eigenvalue weighted by Crippen LogP contribution is -2.22. The fraction of sp³-hybridized carbons (Fsp3) is 0.267. The van der Waals surface area contributed by atoms with Gasteiger partial charge in [-0.05, 0) is 43.2 Å². The van der Waals surface area contributed by atoms with E-state index in [2.05, 4.69) is 5.32 Å². The average Bonchev–Trinajstić information content (AvgIpc) is 2.81. The predicted octanol–water partition coefficient (Wildman–Crippen LogP) is 2.98. The SMILES string of the molecule is Cc1ccc(CNC(=O)CCc2ccc(F)cc2)o1. The lowest BCUT2D eigenvalue weighted by atomic mass is 10.1. The molecular weight excluding hydrogens is 245 g/mol. The van der Waals surface area contributed by atoms with Crippen molar-refractivity contribution in [1.29, 1.82) is 0 Å². The fourth-order valence-electron chi connectivity index (χ4n) is 1.76. The van der Waals surface area contributed by atoms with E-state index in [0.29, 0.717) is 19.4 Å². The van der Waals surface area contributed by atoms with Crippen LogP contribution in [0.2, 0.25) is 0 Å². The summed E-state index contributed by atoms with van der Waals surface area (Å²) in [7, 11) is 0. The number of furan rings is 1. The molecule has 0 saturated heterocycles. The molecule has 3 nitrogen and oxygen atoms in total. The van der Waals surface area contributed by atoms with Crippen LogP contribution in [0.15, 0.2) is 40.8 Å². The molecule has 0 saturated carbocycles. The standard InChI is InChI=1S/C15H16FNO2/c1-11-2-8-14(19-11)10-17-15(18)9-5-12-3-6-13(16)7-4-12/h2-4,6-8H,5,9-10H2,1H3,(H,17,18). The molecule has 4 heteroatoms. The van der Waals surface area contributed by atoms with Gasteiger partial charge in [-0.2, -0.15) is 0 Å². The molecule has 0 bridgehead atoms. The third-order valence-corrected chi connectivity index (χ3v) is 2.81. The quantitative estimate of drug-likeness (QED) is 0.899. The molecule has 1 heterocycles. The first-order chi connectivity index (χ1) is 9.13. The Labute approximate surface area is 111 Å². The van der Waals surface area contributed by atoms with Gasteiger partial charge in [-0.1, -0.05) is 12.1 Å². The topological polar surface area (TPSA) is 42.2 Å². The first-order valence-electron chi connectivity index (χ1n) is 6.20. The molecule has 0 unspecified atom stereocenters. The van der Waals surface area contributed by atoms with Gasteiger partial charge in [0.1, 0.15) is 17.3 Å². The van der Waals surface area contributed by atoms with Gasteiger partial charge in [-0.25, -0.2) is 4.39 Å². The Morgan fingerprint density at radius 3 is 2.58 bits per heavy atom. The van der Waals surface area contributed by atoms with Crippen LogP contribution in [0.25, 0.3) is 0 Å². The van der Waals surface area contributed by atoms with E-state index in [1.807, 2.05) is 19.1 Å². The summed E-state index contributed by atoms with van der Waals surface area (Å²) in [5.41, 5.74) is 0.949. The van der Waals surface area contributed by atoms with Gasteiger partial charge in [0.05, 0.1) is 6.54 Å². The molecule has 1 aromatic heterocycles. The van der Waals surface area contributed by atoms with Gasteiger partial charge in [-0.3, -0.25) is 4.79 Å². The highest BCUT2D eigenvalue weighted by atomic mass is 19.1. The van der Waals surface area contributed by atoms with Crippen molar-refractivity contribution in [2.24, 2.45) is 0 Å². The van der Waals surface area contributed by atoms with Crippen LogP contribution in [0.3, 0.4) is 0 Å². The highest BCUT2D eigenvalue weighted by Crippen LogP contribution is 2.07. The average molecular weight is 261 g/mol. The number of hydrogen-bond acceptors (Lipinski definition) is 2. The summed E-state index contributed by atoms with van der Waals surface area (Å²) >= 11 is 0. The second-order valence-electron chi connectivity index (χ2n) is 4.42. The Morgan fingerprint density at radius 1 is 1.21 bits per heavy atom. The summed E-state index contributed by atoms with van der Waals surface area (Å²) in [6.07, 6.45) is 0.981. The first kappa shape index (κ1) is 13.3. The molecule has 2 aromatic rings. The van der Waals surface area contributed by atoms with Crippen LogP contribution in [-0.2, 0) is 17.8 Å². The summed E-state index contributed by atoms with van der Waals surface area (Å²) < 4.78 is 18.1. The Morgan fingerprint density at radius 2 is 1.95 bits per heavy atom. The van der Waals surface area contributed by atoms with Gasteiger partial charge in [0.25, 0.3) is 0 Å². The van der Waals surface area contributed by atoms with E-state index in [1.165, 1.54) is 12.1 Å². The normalized spacial score (nSPS) is 10.4. The van der Waals surface area contributed by atoms with Crippen LogP contribution in [-0.4, -0.2) is 5.91 Å². The molecule has 0 aliphatic rings. The molecule has 2 rings (SSSR count). The van der Waals surface area contributed by atoms with Gasteiger partial charge < -0.3 is 9.73 Å². The molecule has 0 aliphatic heterocycles. The molecule has 1 amide bonds. The maximum absolute atomic E-state index is 12.7. The van der Waals surface area contributed by atoms with Crippen molar-refractivity contribution in [2.45, 2.75) is 26.3 Å². The lowest BCUT2D eigenvalue weighted by Gasteiger charge is -2.03. The van der Waals surface area contributed by atoms with Crippen LogP contribution in [0.4, 0.5) is 4.39 Å². The molecule has 100 valence electrons. The van der Waals surface area contributed by atoms with Crippen molar-refractivity contribution in [3.63, 3.8) is 0 Å². The predicted molar refractivity (Wildman–Crippen MR) is 70.0 cm³/mol. The summed E-state index contributed by atoms with van der Waals surface area (Å²) in [4.78, 5) is 11.6. The zero-order chi connectivity index (χ0) is 13.7. The molecule has 0 spiro atoms. The second-order valence-corrected chi connectivity index (χ2v) is 4.42. The van der Waals surface area contributed by atoms with Crippen molar-refractivity contribution >= 4 is 5.91 Å². The van der Waals surface area contributed by atoms with Crippen molar-refractivity contribution < 1.29 is 13.6 Å². The Kier molecular flexibility index (Phi) is 4.34. The van der Waals surface area contributed by atoms with E-state index in [0.717, 1.165) is 17.1 Å². The molecule has 1 aromatic carbocycles. The Bertz CT molecular complexity index is 546. The zero-order valence-electron chi connectivity index (χ0n) is 10.8. The number of halogens is 1. The third-order valence-electron chi connectivity index (χ3n) is 2.81. The number of aryl methyl sites for hydroxylation is 2. The minimum Gasteiger partial charge on any atom is -0.465 e. The third kappa shape index (κ3) is 4.25. The highest BCUT2D eigenvalue weighted by molar-refractivity contribution is 5.76. The molecule has 19 heavy (non-hydrogen) atoms. The van der Waals surface area contributed by atoms with Gasteiger partial charge >= 0.3 is 0 Å². The number of carbonyl (C=O) groups excluding carboxylic acids is 1. The van der Waals surface area contributed by atoms with Gasteiger partial charge in [0.2, 0.25) is 5.91 Å². The van der Waals surface area contributed by atoms with Crippen LogP contribution in [0, 0.1) is 12.7 Å². The van der Waals surface area contributed by atoms with Crippen LogP contribution in [0.1, 0.15) is 23.5 Å². The molecule has 0 fully saturated rings. The van der Waals surface area contributed by atoms with E-state index < -0.39 is 0 Å². The smallest absolute Gasteiger partial charge is 0.220 e. The number of carbonyl (C=O) groups is 1. The minimum absolute atomic E-state index is 0.0432. The molecule has 0 aliphatic carbocycles. The minimum atomic E-state index is -0.263. The summed E-state index contributed by atoms with van der Waals surface area (Å²) in [5, 5.41) is 2.79. The Balaban J connectivity index is 1.74. The Hall–Kier alpha value is -2.10. The van der Waals surface area contributed by atoms with Crippen molar-refractivity contribution in [2.75, 3.05) is 0 Å². The van der Waals surface area contributed by atoms with E-state index in [1.54, 1.807) is 12.1 Å². The van der Waals surface area contributed by atoms with Gasteiger partial charge in [0, 0.05) is 6.42 Å². The largest absolute Gasteiger partial charge is 0.465 e. The van der Waals surface area contributed by atoms with Crippen molar-refractivity contribution in [1.82, 2.24) is 5.32 Å². The lowest BCUT2D eigenvalue weighted by molar-refractivity contribution is -0.121. The molecule has 0 radical (unpaired) electrons. The van der Waals surface area contributed by atoms with E-state index in [4.69, 9.17) is 4.42 Å². The van der Waals surface area contributed by atoms with Crippen LogP contribution in [0.5, 0.6) is 0 Å². The van der Waals surface area contributed by atoms with E-state index >= 15 is 0 Å². The molecular formula is C15H16FNO2. The maximum Gasteiger partial charge on any atom is 0.220 e. The second kappa shape index (κ2) is 6.18. The monoisotopic (exact) mass is 261 g/mol. The van der Waals surface area contributed by atoms with E-state index in [9.17, 15) is 9.18 Å². The zero-order valence-corrected chi connectivity index (χ0v) is 10.8. The highest BCUT2D eigenvalue weighted by Gasteiger charge is 2.04. The number of benzene rings is 1. The first-order valence-corrected chi connectivity index (χ1v) is 6.20. The van der Waals surface area contributed by atoms with Gasteiger partial charge in [0.15, 0.2) is 0 Å². The van der Waals surface area contributed by atoms with Crippen molar-refractivity contribution in [3.05, 3.63) is 59.3 Å². The van der Waals surface area contributed by atoms with Crippen molar-refractivity contribution in [3.8, 4) is 0 Å². The summed E-state index contributed by atoms with van der Waals surface area (Å²) in [6.45, 7) is 2.26. The van der Waals surface area contributed by atoms with Crippen LogP contribution < -0.4 is 5.32 Å². The fourth-order valence-corrected chi connectivity index (χ4v) is 1.76. The number of rotatable bonds is 5.